The van der Waals surface area contributed by atoms with Crippen LogP contribution in [0.4, 0.5) is 4.79 Å². The SMILES string of the molecule is COCOc1ccc(C(C)C)cc1Sc1ccc(CCC(C)(CO)NC(=O)OC(C)(C)C)c(Cl)c1. The molecule has 2 aromatic rings. The molecule has 2 aromatic carbocycles. The highest BCUT2D eigenvalue weighted by molar-refractivity contribution is 7.99. The number of nitrogens with one attached hydrogen (secondary N) is 1. The molecule has 0 bridgehead atoms. The van der Waals surface area contributed by atoms with Crippen LogP contribution < -0.4 is 10.1 Å². The standard InChI is InChI=1S/C27H38ClNO5S/c1-18(2)20-9-11-23(33-17-32-7)24(14-20)35-21-10-8-19(22(28)15-21)12-13-27(6,16-30)29-25(31)34-26(3,4)5/h8-11,14-15,18,30H,12-13,16-17H2,1-7H3,(H,29,31). The number of aliphatic hydroxyl groups is 1. The Morgan fingerprint density at radius 3 is 2.43 bits per heavy atom. The molecule has 0 aromatic heterocycles. The van der Waals surface area contributed by atoms with Crippen LogP contribution in [0.5, 0.6) is 5.75 Å². The van der Waals surface area contributed by atoms with Gasteiger partial charge in [0.2, 0.25) is 0 Å². The quantitative estimate of drug-likeness (QED) is 0.315. The van der Waals surface area contributed by atoms with Gasteiger partial charge in [0, 0.05) is 17.0 Å². The minimum atomic E-state index is -0.829. The second-order valence-electron chi connectivity index (χ2n) is 10.1. The molecule has 0 aliphatic rings. The van der Waals surface area contributed by atoms with E-state index in [9.17, 15) is 9.90 Å². The average Bonchev–Trinajstić information content (AvgIpc) is 2.76. The normalized spacial score (nSPS) is 13.4. The topological polar surface area (TPSA) is 77.0 Å². The van der Waals surface area contributed by atoms with E-state index in [-0.39, 0.29) is 13.4 Å². The molecule has 0 spiro atoms. The molecule has 0 aliphatic carbocycles. The third kappa shape index (κ3) is 9.56. The summed E-state index contributed by atoms with van der Waals surface area (Å²) in [4.78, 5) is 14.2. The van der Waals surface area contributed by atoms with E-state index < -0.39 is 17.2 Å². The molecule has 2 rings (SSSR count). The maximum Gasteiger partial charge on any atom is 0.408 e. The second-order valence-corrected chi connectivity index (χ2v) is 11.6. The number of methoxy groups -OCH3 is 1. The molecule has 0 aliphatic heterocycles. The third-order valence-electron chi connectivity index (χ3n) is 5.32. The summed E-state index contributed by atoms with van der Waals surface area (Å²) in [5.41, 5.74) is 0.721. The molecule has 6 nitrogen and oxygen atoms in total. The van der Waals surface area contributed by atoms with Gasteiger partial charge in [0.1, 0.15) is 11.4 Å². The number of rotatable bonds is 11. The van der Waals surface area contributed by atoms with Crippen molar-refractivity contribution >= 4 is 29.5 Å². The highest BCUT2D eigenvalue weighted by Gasteiger charge is 2.28. The first kappa shape index (κ1) is 29.3. The Labute approximate surface area is 218 Å². The highest BCUT2D eigenvalue weighted by atomic mass is 35.5. The van der Waals surface area contributed by atoms with Gasteiger partial charge in [0.05, 0.1) is 17.0 Å². The van der Waals surface area contributed by atoms with E-state index in [1.54, 1.807) is 46.6 Å². The monoisotopic (exact) mass is 523 g/mol. The maximum absolute atomic E-state index is 12.2. The van der Waals surface area contributed by atoms with Gasteiger partial charge in [0.25, 0.3) is 0 Å². The van der Waals surface area contributed by atoms with Crippen LogP contribution in [-0.2, 0) is 15.9 Å². The number of benzene rings is 2. The van der Waals surface area contributed by atoms with Crippen LogP contribution in [-0.4, -0.2) is 42.8 Å². The number of carbonyl (C=O) groups excluding carboxylic acids is 1. The van der Waals surface area contributed by atoms with Crippen LogP contribution in [0.3, 0.4) is 0 Å². The molecule has 2 N–H and O–H groups in total. The van der Waals surface area contributed by atoms with Gasteiger partial charge in [-0.05, 0) is 81.8 Å². The molecule has 0 saturated heterocycles. The smallest absolute Gasteiger partial charge is 0.408 e. The predicted octanol–water partition coefficient (Wildman–Crippen LogP) is 6.81. The van der Waals surface area contributed by atoms with E-state index in [4.69, 9.17) is 25.8 Å². The molecular formula is C27H38ClNO5S. The average molecular weight is 524 g/mol. The van der Waals surface area contributed by atoms with E-state index in [1.165, 1.54) is 5.56 Å². The lowest BCUT2D eigenvalue weighted by Gasteiger charge is -2.30. The van der Waals surface area contributed by atoms with Crippen LogP contribution >= 0.6 is 23.4 Å². The Morgan fingerprint density at radius 1 is 1.14 bits per heavy atom. The van der Waals surface area contributed by atoms with Crippen LogP contribution in [0.15, 0.2) is 46.2 Å². The lowest BCUT2D eigenvalue weighted by Crippen LogP contribution is -2.50. The zero-order valence-electron chi connectivity index (χ0n) is 21.7. The van der Waals surface area contributed by atoms with E-state index in [1.807, 2.05) is 24.3 Å². The molecule has 8 heteroatoms. The van der Waals surface area contributed by atoms with Crippen molar-refractivity contribution in [1.82, 2.24) is 5.32 Å². The molecule has 0 radical (unpaired) electrons. The zero-order chi connectivity index (χ0) is 26.2. The number of aryl methyl sites for hydroxylation is 1. The van der Waals surface area contributed by atoms with Crippen molar-refractivity contribution in [3.63, 3.8) is 0 Å². The fraction of sp³-hybridized carbons (Fsp3) is 0.519. The summed E-state index contributed by atoms with van der Waals surface area (Å²) in [5.74, 6) is 1.15. The third-order valence-corrected chi connectivity index (χ3v) is 6.70. The summed E-state index contributed by atoms with van der Waals surface area (Å²) in [6, 6.07) is 12.1. The zero-order valence-corrected chi connectivity index (χ0v) is 23.3. The maximum atomic E-state index is 12.2. The van der Waals surface area contributed by atoms with Crippen LogP contribution in [0.1, 0.15) is 65.0 Å². The minimum absolute atomic E-state index is 0.176. The van der Waals surface area contributed by atoms with E-state index in [0.29, 0.717) is 23.8 Å². The molecule has 0 fully saturated rings. The van der Waals surface area contributed by atoms with E-state index >= 15 is 0 Å². The van der Waals surface area contributed by atoms with Gasteiger partial charge >= 0.3 is 6.09 Å². The van der Waals surface area contributed by atoms with Crippen molar-refractivity contribution < 1.29 is 24.1 Å². The molecule has 35 heavy (non-hydrogen) atoms. The van der Waals surface area contributed by atoms with Gasteiger partial charge < -0.3 is 24.6 Å². The molecule has 194 valence electrons. The van der Waals surface area contributed by atoms with Crippen LogP contribution in [0.2, 0.25) is 5.02 Å². The van der Waals surface area contributed by atoms with E-state index in [0.717, 1.165) is 21.1 Å². The summed E-state index contributed by atoms with van der Waals surface area (Å²) >= 11 is 8.21. The molecule has 0 heterocycles. The number of carbonyl (C=O) groups is 1. The van der Waals surface area contributed by atoms with Crippen molar-refractivity contribution in [2.45, 2.75) is 81.2 Å². The highest BCUT2D eigenvalue weighted by Crippen LogP contribution is 2.38. The summed E-state index contributed by atoms with van der Waals surface area (Å²) in [6.45, 7) is 11.5. The lowest BCUT2D eigenvalue weighted by molar-refractivity contribution is 0.0406. The minimum Gasteiger partial charge on any atom is -0.466 e. The summed E-state index contributed by atoms with van der Waals surface area (Å²) < 4.78 is 16.2. The summed E-state index contributed by atoms with van der Waals surface area (Å²) in [6.07, 6.45) is 0.532. The summed E-state index contributed by atoms with van der Waals surface area (Å²) in [5, 5.41) is 13.3. The Bertz CT molecular complexity index is 992. The number of alkyl carbamates (subject to hydrolysis) is 1. The molecule has 1 atom stereocenters. The van der Waals surface area contributed by atoms with Crippen molar-refractivity contribution in [2.75, 3.05) is 20.5 Å². The number of amides is 1. The Kier molecular flexibility index (Phi) is 10.8. The first-order valence-electron chi connectivity index (χ1n) is 11.7. The number of hydrogen-bond donors (Lipinski definition) is 2. The number of hydrogen-bond acceptors (Lipinski definition) is 6. The fourth-order valence-corrected chi connectivity index (χ4v) is 4.60. The number of halogens is 1. The Balaban J connectivity index is 2.13. The number of ether oxygens (including phenoxy) is 3. The largest absolute Gasteiger partial charge is 0.466 e. The van der Waals surface area contributed by atoms with Gasteiger partial charge in [-0.25, -0.2) is 4.79 Å². The Hall–Kier alpha value is -1.93. The first-order valence-corrected chi connectivity index (χ1v) is 12.9. The molecular weight excluding hydrogens is 486 g/mol. The van der Waals surface area contributed by atoms with Gasteiger partial charge in [-0.1, -0.05) is 49.3 Å². The van der Waals surface area contributed by atoms with Gasteiger partial charge in [-0.15, -0.1) is 0 Å². The van der Waals surface area contributed by atoms with Crippen molar-refractivity contribution in [3.05, 3.63) is 52.5 Å². The van der Waals surface area contributed by atoms with Crippen LogP contribution in [0, 0.1) is 0 Å². The van der Waals surface area contributed by atoms with Gasteiger partial charge in [0.15, 0.2) is 6.79 Å². The molecule has 1 amide bonds. The predicted molar refractivity (Wildman–Crippen MR) is 142 cm³/mol. The lowest BCUT2D eigenvalue weighted by atomic mass is 9.94. The van der Waals surface area contributed by atoms with Crippen molar-refractivity contribution in [1.29, 1.82) is 0 Å². The summed E-state index contributed by atoms with van der Waals surface area (Å²) in [7, 11) is 1.60. The fourth-order valence-electron chi connectivity index (χ4n) is 3.27. The second kappa shape index (κ2) is 12.9. The molecule has 0 saturated carbocycles. The van der Waals surface area contributed by atoms with Crippen LogP contribution in [0.25, 0.3) is 0 Å². The first-order chi connectivity index (χ1) is 16.4. The van der Waals surface area contributed by atoms with Gasteiger partial charge in [-0.2, -0.15) is 0 Å². The van der Waals surface area contributed by atoms with Crippen molar-refractivity contribution in [2.24, 2.45) is 0 Å². The number of aliphatic hydroxyl groups excluding tert-OH is 1. The molecule has 1 unspecified atom stereocenters. The van der Waals surface area contributed by atoms with Gasteiger partial charge in [-0.3, -0.25) is 0 Å². The van der Waals surface area contributed by atoms with E-state index in [2.05, 4.69) is 31.3 Å². The van der Waals surface area contributed by atoms with Crippen molar-refractivity contribution in [3.8, 4) is 5.75 Å². The Morgan fingerprint density at radius 2 is 1.86 bits per heavy atom.